The summed E-state index contributed by atoms with van der Waals surface area (Å²) in [6.07, 6.45) is 5.34. The summed E-state index contributed by atoms with van der Waals surface area (Å²) in [6.45, 7) is 4.53. The number of fused-ring (bicyclic) bond motifs is 1. The lowest BCUT2D eigenvalue weighted by Gasteiger charge is -2.11. The number of aryl methyl sites for hydroxylation is 1. The molecule has 0 fully saturated rings. The maximum absolute atomic E-state index is 13.2. The predicted molar refractivity (Wildman–Crippen MR) is 78.4 cm³/mol. The molecule has 3 aromatic rings. The van der Waals surface area contributed by atoms with Gasteiger partial charge in [0.25, 0.3) is 5.88 Å². The molecule has 5 nitrogen and oxygen atoms in total. The first-order valence-electron chi connectivity index (χ1n) is 6.69. The molecule has 2 heterocycles. The second-order valence-corrected chi connectivity index (χ2v) is 4.63. The van der Waals surface area contributed by atoms with E-state index in [1.54, 1.807) is 19.2 Å². The summed E-state index contributed by atoms with van der Waals surface area (Å²) >= 11 is 0. The molecule has 0 aliphatic carbocycles. The average molecular weight is 286 g/mol. The largest absolute Gasteiger partial charge is 0.436 e. The first-order chi connectivity index (χ1) is 10.2. The Morgan fingerprint density at radius 2 is 2.24 bits per heavy atom. The highest BCUT2D eigenvalue weighted by Crippen LogP contribution is 2.27. The summed E-state index contributed by atoms with van der Waals surface area (Å²) in [4.78, 5) is 8.65. The third kappa shape index (κ3) is 2.65. The smallest absolute Gasteiger partial charge is 0.265 e. The summed E-state index contributed by atoms with van der Waals surface area (Å²) in [5.41, 5.74) is 1.32. The molecule has 0 bridgehead atoms. The number of hydrogen-bond acceptors (Lipinski definition) is 4. The van der Waals surface area contributed by atoms with Crippen molar-refractivity contribution in [2.75, 3.05) is 11.9 Å². The highest BCUT2D eigenvalue weighted by atomic mass is 19.1. The van der Waals surface area contributed by atoms with E-state index in [9.17, 15) is 4.39 Å². The number of imidazole rings is 1. The molecule has 2 aromatic heterocycles. The van der Waals surface area contributed by atoms with Gasteiger partial charge in [-0.15, -0.1) is 0 Å². The minimum Gasteiger partial charge on any atom is -0.436 e. The molecule has 0 unspecified atom stereocenters. The fraction of sp³-hybridized carbons (Fsp3) is 0.200. The van der Waals surface area contributed by atoms with Gasteiger partial charge in [-0.1, -0.05) is 0 Å². The van der Waals surface area contributed by atoms with Crippen LogP contribution in [0.2, 0.25) is 0 Å². The zero-order valence-corrected chi connectivity index (χ0v) is 11.8. The fourth-order valence-corrected chi connectivity index (χ4v) is 2.07. The zero-order chi connectivity index (χ0) is 14.8. The Labute approximate surface area is 121 Å². The van der Waals surface area contributed by atoms with Crippen molar-refractivity contribution in [1.82, 2.24) is 14.4 Å². The van der Waals surface area contributed by atoms with E-state index in [4.69, 9.17) is 4.74 Å². The van der Waals surface area contributed by atoms with Crippen molar-refractivity contribution >= 4 is 11.5 Å². The van der Waals surface area contributed by atoms with Crippen LogP contribution in [0.25, 0.3) is 5.65 Å². The molecule has 0 aliphatic rings. The first-order valence-corrected chi connectivity index (χ1v) is 6.69. The number of benzene rings is 1. The van der Waals surface area contributed by atoms with E-state index in [-0.39, 0.29) is 5.82 Å². The molecule has 0 atom stereocenters. The summed E-state index contributed by atoms with van der Waals surface area (Å²) < 4.78 is 20.8. The van der Waals surface area contributed by atoms with Crippen LogP contribution in [0.1, 0.15) is 12.5 Å². The molecule has 1 aromatic carbocycles. The number of hydrogen-bond donors (Lipinski definition) is 1. The van der Waals surface area contributed by atoms with Gasteiger partial charge in [0.05, 0.1) is 6.20 Å². The predicted octanol–water partition coefficient (Wildman–Crippen LogP) is 3.40. The number of halogens is 1. The minimum absolute atomic E-state index is 0.292. The van der Waals surface area contributed by atoms with Crippen molar-refractivity contribution in [3.63, 3.8) is 0 Å². The van der Waals surface area contributed by atoms with Gasteiger partial charge in [-0.2, -0.15) is 4.98 Å². The van der Waals surface area contributed by atoms with Crippen LogP contribution in [-0.4, -0.2) is 20.9 Å². The topological polar surface area (TPSA) is 51.5 Å². The molecular formula is C15H15FN4O. The lowest BCUT2D eigenvalue weighted by atomic mass is 10.2. The Kier molecular flexibility index (Phi) is 3.43. The van der Waals surface area contributed by atoms with Crippen molar-refractivity contribution in [3.8, 4) is 11.6 Å². The molecule has 0 radical (unpaired) electrons. The van der Waals surface area contributed by atoms with Crippen molar-refractivity contribution in [2.24, 2.45) is 0 Å². The van der Waals surface area contributed by atoms with Gasteiger partial charge in [0.1, 0.15) is 17.4 Å². The van der Waals surface area contributed by atoms with E-state index in [0.29, 0.717) is 28.7 Å². The highest BCUT2D eigenvalue weighted by molar-refractivity contribution is 5.55. The molecular weight excluding hydrogens is 271 g/mol. The molecule has 0 spiro atoms. The summed E-state index contributed by atoms with van der Waals surface area (Å²) in [5, 5.41) is 3.14. The standard InChI is InChI=1S/C15H15FN4O/c1-3-17-13-9-20-7-6-18-14(20)15(19-13)21-12-5-4-11(16)8-10(12)2/h4-9,17H,3H2,1-2H3. The minimum atomic E-state index is -0.292. The van der Waals surface area contributed by atoms with Gasteiger partial charge in [-0.25, -0.2) is 9.37 Å². The molecule has 0 aliphatic heterocycles. The number of ether oxygens (including phenoxy) is 1. The Morgan fingerprint density at radius 3 is 3.00 bits per heavy atom. The van der Waals surface area contributed by atoms with E-state index in [1.807, 2.05) is 23.7 Å². The van der Waals surface area contributed by atoms with Gasteiger partial charge >= 0.3 is 0 Å². The van der Waals surface area contributed by atoms with Crippen LogP contribution >= 0.6 is 0 Å². The van der Waals surface area contributed by atoms with Crippen LogP contribution in [0, 0.1) is 12.7 Å². The normalized spacial score (nSPS) is 10.8. The summed E-state index contributed by atoms with van der Waals surface area (Å²) in [6, 6.07) is 4.37. The lowest BCUT2D eigenvalue weighted by molar-refractivity contribution is 0.460. The third-order valence-electron chi connectivity index (χ3n) is 3.04. The van der Waals surface area contributed by atoms with Crippen LogP contribution in [0.15, 0.2) is 36.8 Å². The van der Waals surface area contributed by atoms with Crippen LogP contribution in [0.3, 0.4) is 0 Å². The first kappa shape index (κ1) is 13.4. The van der Waals surface area contributed by atoms with Gasteiger partial charge in [0.2, 0.25) is 5.65 Å². The molecule has 0 amide bonds. The summed E-state index contributed by atoms with van der Waals surface area (Å²) in [5.74, 6) is 1.34. The van der Waals surface area contributed by atoms with Gasteiger partial charge < -0.3 is 10.1 Å². The van der Waals surface area contributed by atoms with Crippen LogP contribution in [0.4, 0.5) is 10.2 Å². The second-order valence-electron chi connectivity index (χ2n) is 4.63. The quantitative estimate of drug-likeness (QED) is 0.798. The van der Waals surface area contributed by atoms with Crippen LogP contribution in [-0.2, 0) is 0 Å². The van der Waals surface area contributed by atoms with E-state index in [1.165, 1.54) is 12.1 Å². The summed E-state index contributed by atoms with van der Waals surface area (Å²) in [7, 11) is 0. The van der Waals surface area contributed by atoms with E-state index < -0.39 is 0 Å². The van der Waals surface area contributed by atoms with Gasteiger partial charge in [0, 0.05) is 18.9 Å². The van der Waals surface area contributed by atoms with Gasteiger partial charge in [-0.3, -0.25) is 4.40 Å². The molecule has 3 rings (SSSR count). The molecule has 0 saturated carbocycles. The van der Waals surface area contributed by atoms with E-state index >= 15 is 0 Å². The Hall–Kier alpha value is -2.63. The van der Waals surface area contributed by atoms with Crippen molar-refractivity contribution < 1.29 is 9.13 Å². The Morgan fingerprint density at radius 1 is 1.38 bits per heavy atom. The van der Waals surface area contributed by atoms with Crippen LogP contribution in [0.5, 0.6) is 11.6 Å². The van der Waals surface area contributed by atoms with Crippen molar-refractivity contribution in [2.45, 2.75) is 13.8 Å². The van der Waals surface area contributed by atoms with Crippen molar-refractivity contribution in [1.29, 1.82) is 0 Å². The third-order valence-corrected chi connectivity index (χ3v) is 3.04. The maximum atomic E-state index is 13.2. The number of nitrogens with one attached hydrogen (secondary N) is 1. The average Bonchev–Trinajstić information content (AvgIpc) is 2.91. The van der Waals surface area contributed by atoms with Crippen LogP contribution < -0.4 is 10.1 Å². The van der Waals surface area contributed by atoms with E-state index in [0.717, 1.165) is 6.54 Å². The molecule has 108 valence electrons. The van der Waals surface area contributed by atoms with E-state index in [2.05, 4.69) is 15.3 Å². The molecule has 21 heavy (non-hydrogen) atoms. The molecule has 1 N–H and O–H groups in total. The lowest BCUT2D eigenvalue weighted by Crippen LogP contribution is -2.03. The van der Waals surface area contributed by atoms with Gasteiger partial charge in [0.15, 0.2) is 0 Å². The number of aromatic nitrogens is 3. The number of nitrogens with zero attached hydrogens (tertiary/aromatic N) is 3. The number of anilines is 1. The SMILES string of the molecule is CCNc1cn2ccnc2c(Oc2ccc(F)cc2C)n1. The Bertz CT molecular complexity index is 784. The monoisotopic (exact) mass is 286 g/mol. The highest BCUT2D eigenvalue weighted by Gasteiger charge is 2.11. The molecule has 6 heteroatoms. The second kappa shape index (κ2) is 5.40. The zero-order valence-electron chi connectivity index (χ0n) is 11.8. The fourth-order valence-electron chi connectivity index (χ4n) is 2.07. The van der Waals surface area contributed by atoms with Gasteiger partial charge in [-0.05, 0) is 37.6 Å². The Balaban J connectivity index is 2.04. The number of rotatable bonds is 4. The van der Waals surface area contributed by atoms with Crippen molar-refractivity contribution in [3.05, 3.63) is 48.2 Å². The molecule has 0 saturated heterocycles. The maximum Gasteiger partial charge on any atom is 0.265 e.